The van der Waals surface area contributed by atoms with Gasteiger partial charge in [-0.25, -0.2) is 4.98 Å². The van der Waals surface area contributed by atoms with Crippen molar-refractivity contribution >= 4 is 27.7 Å². The summed E-state index contributed by atoms with van der Waals surface area (Å²) in [5.74, 6) is 0.400. The molecule has 1 aromatic rings. The van der Waals surface area contributed by atoms with Gasteiger partial charge >= 0.3 is 0 Å². The van der Waals surface area contributed by atoms with Crippen LogP contribution >= 0.6 is 15.9 Å². The number of hydrogen-bond donors (Lipinski definition) is 1. The molecule has 1 aliphatic rings. The lowest BCUT2D eigenvalue weighted by atomic mass is 10.1. The first-order valence-electron chi connectivity index (χ1n) is 7.32. The molecule has 1 aromatic heterocycles. The van der Waals surface area contributed by atoms with Crippen LogP contribution in [0, 0.1) is 0 Å². The van der Waals surface area contributed by atoms with Crippen molar-refractivity contribution < 1.29 is 14.3 Å². The molecule has 1 N–H and O–H groups in total. The van der Waals surface area contributed by atoms with Crippen molar-refractivity contribution in [3.63, 3.8) is 0 Å². The average Bonchev–Trinajstić information content (AvgIpc) is 2.92. The standard InChI is InChI=1S/C15H20BrN3O3/c1-3-12(19-6-4-5-13(19)20)14(21)17-8-10-7-11(16)9-18-15(10)22-2/h7,9,12H,3-6,8H2,1-2H3,(H,17,21). The molecule has 0 radical (unpaired) electrons. The van der Waals surface area contributed by atoms with E-state index < -0.39 is 6.04 Å². The number of methoxy groups -OCH3 is 1. The molecule has 2 heterocycles. The van der Waals surface area contributed by atoms with Gasteiger partial charge < -0.3 is 15.0 Å². The monoisotopic (exact) mass is 369 g/mol. The van der Waals surface area contributed by atoms with Crippen LogP contribution in [0.2, 0.25) is 0 Å². The van der Waals surface area contributed by atoms with Gasteiger partial charge in [-0.15, -0.1) is 0 Å². The summed E-state index contributed by atoms with van der Waals surface area (Å²) in [5, 5.41) is 2.88. The molecular formula is C15H20BrN3O3. The number of halogens is 1. The molecule has 22 heavy (non-hydrogen) atoms. The van der Waals surface area contributed by atoms with Crippen molar-refractivity contribution in [1.29, 1.82) is 0 Å². The van der Waals surface area contributed by atoms with Gasteiger partial charge in [0.25, 0.3) is 0 Å². The van der Waals surface area contributed by atoms with Gasteiger partial charge in [0.15, 0.2) is 0 Å². The molecule has 120 valence electrons. The van der Waals surface area contributed by atoms with Crippen LogP contribution in [-0.2, 0) is 16.1 Å². The molecular weight excluding hydrogens is 350 g/mol. The van der Waals surface area contributed by atoms with E-state index in [0.717, 1.165) is 16.5 Å². The average molecular weight is 370 g/mol. The summed E-state index contributed by atoms with van der Waals surface area (Å²) in [4.78, 5) is 30.0. The first kappa shape index (κ1) is 16.7. The van der Waals surface area contributed by atoms with Crippen LogP contribution in [0.1, 0.15) is 31.7 Å². The molecule has 6 nitrogen and oxygen atoms in total. The van der Waals surface area contributed by atoms with Gasteiger partial charge in [-0.05, 0) is 34.8 Å². The smallest absolute Gasteiger partial charge is 0.243 e. The fourth-order valence-corrected chi connectivity index (χ4v) is 3.00. The Balaban J connectivity index is 2.02. The number of nitrogens with zero attached hydrogens (tertiary/aromatic N) is 2. The minimum absolute atomic E-state index is 0.0590. The summed E-state index contributed by atoms with van der Waals surface area (Å²) >= 11 is 3.35. The van der Waals surface area contributed by atoms with Gasteiger partial charge in [0.2, 0.25) is 17.7 Å². The van der Waals surface area contributed by atoms with E-state index in [-0.39, 0.29) is 11.8 Å². The van der Waals surface area contributed by atoms with E-state index in [1.165, 1.54) is 0 Å². The second-order valence-corrected chi connectivity index (χ2v) is 6.07. The maximum absolute atomic E-state index is 12.4. The third kappa shape index (κ3) is 3.76. The number of rotatable bonds is 6. The Morgan fingerprint density at radius 3 is 2.95 bits per heavy atom. The summed E-state index contributed by atoms with van der Waals surface area (Å²) in [7, 11) is 1.54. The fraction of sp³-hybridized carbons (Fsp3) is 0.533. The Labute approximate surface area is 138 Å². The highest BCUT2D eigenvalue weighted by molar-refractivity contribution is 9.10. The Morgan fingerprint density at radius 2 is 2.36 bits per heavy atom. The van der Waals surface area contributed by atoms with Gasteiger partial charge in [0.05, 0.1) is 7.11 Å². The SMILES string of the molecule is CCC(C(=O)NCc1cc(Br)cnc1OC)N1CCCC1=O. The maximum atomic E-state index is 12.4. The molecule has 0 saturated carbocycles. The largest absolute Gasteiger partial charge is 0.481 e. The minimum atomic E-state index is -0.402. The third-order valence-electron chi connectivity index (χ3n) is 3.71. The zero-order chi connectivity index (χ0) is 16.1. The number of hydrogen-bond acceptors (Lipinski definition) is 4. The summed E-state index contributed by atoms with van der Waals surface area (Å²) in [6.07, 6.45) is 3.60. The van der Waals surface area contributed by atoms with Crippen LogP contribution in [0.3, 0.4) is 0 Å². The molecule has 1 fully saturated rings. The normalized spacial score (nSPS) is 15.8. The highest BCUT2D eigenvalue weighted by Crippen LogP contribution is 2.20. The topological polar surface area (TPSA) is 71.5 Å². The van der Waals surface area contributed by atoms with Gasteiger partial charge in [-0.2, -0.15) is 0 Å². The molecule has 0 aromatic carbocycles. The van der Waals surface area contributed by atoms with Crippen LogP contribution < -0.4 is 10.1 Å². The number of amides is 2. The van der Waals surface area contributed by atoms with Crippen molar-refractivity contribution in [1.82, 2.24) is 15.2 Å². The molecule has 1 aliphatic heterocycles. The van der Waals surface area contributed by atoms with Crippen LogP contribution in [0.5, 0.6) is 5.88 Å². The van der Waals surface area contributed by atoms with Crippen LogP contribution in [0.4, 0.5) is 0 Å². The van der Waals surface area contributed by atoms with Gasteiger partial charge in [0.1, 0.15) is 6.04 Å². The summed E-state index contributed by atoms with van der Waals surface area (Å²) in [6, 6.07) is 1.45. The second-order valence-electron chi connectivity index (χ2n) is 5.15. The van der Waals surface area contributed by atoms with Crippen LogP contribution in [0.25, 0.3) is 0 Å². The molecule has 1 saturated heterocycles. The van der Waals surface area contributed by atoms with Gasteiger partial charge in [-0.3, -0.25) is 9.59 Å². The van der Waals surface area contributed by atoms with E-state index >= 15 is 0 Å². The molecule has 7 heteroatoms. The van der Waals surface area contributed by atoms with Crippen molar-refractivity contribution in [2.75, 3.05) is 13.7 Å². The van der Waals surface area contributed by atoms with Crippen molar-refractivity contribution in [2.45, 2.75) is 38.8 Å². The number of ether oxygens (including phenoxy) is 1. The Bertz CT molecular complexity index is 565. The number of nitrogens with one attached hydrogen (secondary N) is 1. The summed E-state index contributed by atoms with van der Waals surface area (Å²) in [5.41, 5.74) is 0.785. The predicted octanol–water partition coefficient (Wildman–Crippen LogP) is 1.87. The van der Waals surface area contributed by atoms with E-state index in [1.807, 2.05) is 13.0 Å². The zero-order valence-electron chi connectivity index (χ0n) is 12.8. The molecule has 2 rings (SSSR count). The molecule has 1 atom stereocenters. The lowest BCUT2D eigenvalue weighted by Gasteiger charge is -2.25. The van der Waals surface area contributed by atoms with E-state index in [1.54, 1.807) is 18.2 Å². The maximum Gasteiger partial charge on any atom is 0.243 e. The van der Waals surface area contributed by atoms with Crippen LogP contribution in [0.15, 0.2) is 16.7 Å². The number of likely N-dealkylation sites (tertiary alicyclic amines) is 1. The fourth-order valence-electron chi connectivity index (χ4n) is 2.63. The van der Waals surface area contributed by atoms with E-state index in [2.05, 4.69) is 26.2 Å². The zero-order valence-corrected chi connectivity index (χ0v) is 14.4. The number of carbonyl (C=O) groups is 2. The first-order valence-corrected chi connectivity index (χ1v) is 8.11. The van der Waals surface area contributed by atoms with Gasteiger partial charge in [-0.1, -0.05) is 6.92 Å². The summed E-state index contributed by atoms with van der Waals surface area (Å²) < 4.78 is 6.01. The Kier molecular flexibility index (Phi) is 5.76. The van der Waals surface area contributed by atoms with Gasteiger partial charge in [0, 0.05) is 35.7 Å². The molecule has 0 aliphatic carbocycles. The number of carbonyl (C=O) groups excluding carboxylic acids is 2. The minimum Gasteiger partial charge on any atom is -0.481 e. The van der Waals surface area contributed by atoms with Crippen molar-refractivity contribution in [3.05, 3.63) is 22.3 Å². The first-order chi connectivity index (χ1) is 10.6. The molecule has 0 spiro atoms. The highest BCUT2D eigenvalue weighted by Gasteiger charge is 2.31. The third-order valence-corrected chi connectivity index (χ3v) is 4.15. The Morgan fingerprint density at radius 1 is 1.59 bits per heavy atom. The quantitative estimate of drug-likeness (QED) is 0.830. The number of pyridine rings is 1. The summed E-state index contributed by atoms with van der Waals surface area (Å²) in [6.45, 7) is 2.89. The second kappa shape index (κ2) is 7.58. The Hall–Kier alpha value is -1.63. The van der Waals surface area contributed by atoms with E-state index in [9.17, 15) is 9.59 Å². The van der Waals surface area contributed by atoms with E-state index in [0.29, 0.717) is 31.8 Å². The predicted molar refractivity (Wildman–Crippen MR) is 85.4 cm³/mol. The highest BCUT2D eigenvalue weighted by atomic mass is 79.9. The molecule has 2 amide bonds. The van der Waals surface area contributed by atoms with Crippen LogP contribution in [-0.4, -0.2) is 41.4 Å². The lowest BCUT2D eigenvalue weighted by molar-refractivity contribution is -0.137. The van der Waals surface area contributed by atoms with E-state index in [4.69, 9.17) is 4.74 Å². The van der Waals surface area contributed by atoms with Crippen molar-refractivity contribution in [2.24, 2.45) is 0 Å². The number of aromatic nitrogens is 1. The van der Waals surface area contributed by atoms with Crippen molar-refractivity contribution in [3.8, 4) is 5.88 Å². The lowest BCUT2D eigenvalue weighted by Crippen LogP contribution is -2.46. The molecule has 0 bridgehead atoms. The molecule has 1 unspecified atom stereocenters.